The second-order valence-electron chi connectivity index (χ2n) is 1.85. The maximum atomic E-state index is 5.34. The third kappa shape index (κ3) is 2.48. The van der Waals surface area contributed by atoms with Gasteiger partial charge >= 0.3 is 0 Å². The van der Waals surface area contributed by atoms with Gasteiger partial charge in [0.15, 0.2) is 4.67 Å². The van der Waals surface area contributed by atoms with Crippen molar-refractivity contribution < 1.29 is 4.52 Å². The van der Waals surface area contributed by atoms with E-state index in [2.05, 4.69) is 18.2 Å². The Morgan fingerprint density at radius 2 is 2.60 bits per heavy atom. The van der Waals surface area contributed by atoms with Crippen molar-refractivity contribution in [1.82, 2.24) is 0 Å². The van der Waals surface area contributed by atoms with Gasteiger partial charge in [0, 0.05) is 5.75 Å². The molecule has 0 aromatic rings. The van der Waals surface area contributed by atoms with Crippen molar-refractivity contribution in [3.63, 3.8) is 0 Å². The van der Waals surface area contributed by atoms with Crippen LogP contribution in [0.25, 0.3) is 0 Å². The lowest BCUT2D eigenvalue weighted by molar-refractivity contribution is 0.292. The van der Waals surface area contributed by atoms with E-state index in [1.807, 2.05) is 0 Å². The summed E-state index contributed by atoms with van der Waals surface area (Å²) < 4.78 is 3.48. The summed E-state index contributed by atoms with van der Waals surface area (Å²) in [7, 11) is 0. The topological polar surface area (TPSA) is 9.23 Å². The van der Waals surface area contributed by atoms with E-state index in [1.54, 1.807) is 11.4 Å². The Morgan fingerprint density at radius 3 is 3.00 bits per heavy atom. The van der Waals surface area contributed by atoms with E-state index in [0.29, 0.717) is 0 Å². The van der Waals surface area contributed by atoms with Crippen molar-refractivity contribution in [1.29, 1.82) is 0 Å². The SMILES string of the molecule is C#CC1CCSP(=S)(S)O1. The van der Waals surface area contributed by atoms with E-state index >= 15 is 0 Å². The maximum Gasteiger partial charge on any atom is 0.172 e. The molecule has 10 heavy (non-hydrogen) atoms. The van der Waals surface area contributed by atoms with Crippen molar-refractivity contribution in [2.45, 2.75) is 12.5 Å². The Kier molecular flexibility index (Phi) is 3.15. The molecule has 0 bridgehead atoms. The van der Waals surface area contributed by atoms with Crippen LogP contribution in [0.2, 0.25) is 0 Å². The van der Waals surface area contributed by atoms with Crippen LogP contribution in [0.3, 0.4) is 0 Å². The lowest BCUT2D eigenvalue weighted by atomic mass is 10.3. The van der Waals surface area contributed by atoms with E-state index in [0.717, 1.165) is 12.2 Å². The second kappa shape index (κ2) is 3.51. The third-order valence-corrected chi connectivity index (χ3v) is 6.66. The Hall–Kier alpha value is 0.870. The molecule has 0 spiro atoms. The molecule has 0 aromatic carbocycles. The second-order valence-corrected chi connectivity index (χ2v) is 11.5. The summed E-state index contributed by atoms with van der Waals surface area (Å²) in [4.78, 5) is 0. The molecule has 1 saturated heterocycles. The summed E-state index contributed by atoms with van der Waals surface area (Å²) in [6, 6.07) is 0. The molecule has 1 aliphatic rings. The van der Waals surface area contributed by atoms with Crippen LogP contribution in [0.1, 0.15) is 6.42 Å². The van der Waals surface area contributed by atoms with Crippen molar-refractivity contribution >= 4 is 40.1 Å². The van der Waals surface area contributed by atoms with Crippen LogP contribution in [0.15, 0.2) is 0 Å². The first-order valence-corrected chi connectivity index (χ1v) is 8.22. The molecular weight excluding hydrogens is 203 g/mol. The Labute approximate surface area is 75.3 Å². The molecule has 56 valence electrons. The first kappa shape index (κ1) is 8.96. The van der Waals surface area contributed by atoms with Crippen molar-refractivity contribution in [3.05, 3.63) is 0 Å². The van der Waals surface area contributed by atoms with Crippen LogP contribution in [-0.4, -0.2) is 11.9 Å². The summed E-state index contributed by atoms with van der Waals surface area (Å²) in [5, 5.41) is 0. The van der Waals surface area contributed by atoms with Gasteiger partial charge in [-0.2, -0.15) is 0 Å². The van der Waals surface area contributed by atoms with E-state index in [1.165, 1.54) is 0 Å². The molecule has 1 heterocycles. The largest absolute Gasteiger partial charge is 0.318 e. The quantitative estimate of drug-likeness (QED) is 0.373. The van der Waals surface area contributed by atoms with Gasteiger partial charge in [0.25, 0.3) is 0 Å². The molecule has 0 saturated carbocycles. The van der Waals surface area contributed by atoms with Gasteiger partial charge in [0.2, 0.25) is 0 Å². The first-order chi connectivity index (χ1) is 4.64. The number of terminal acetylenes is 1. The van der Waals surface area contributed by atoms with Crippen molar-refractivity contribution in [3.8, 4) is 12.3 Å². The average molecular weight is 210 g/mol. The predicted molar refractivity (Wildman–Crippen MR) is 54.1 cm³/mol. The molecule has 0 radical (unpaired) electrons. The van der Waals surface area contributed by atoms with E-state index in [-0.39, 0.29) is 6.10 Å². The Balaban J connectivity index is 2.58. The van der Waals surface area contributed by atoms with Gasteiger partial charge in [-0.05, 0) is 18.2 Å². The minimum atomic E-state index is -1.86. The van der Waals surface area contributed by atoms with Gasteiger partial charge in [-0.15, -0.1) is 18.7 Å². The average Bonchev–Trinajstić information content (AvgIpc) is 1.86. The van der Waals surface area contributed by atoms with Crippen LogP contribution in [0.5, 0.6) is 0 Å². The fourth-order valence-electron chi connectivity index (χ4n) is 0.633. The fourth-order valence-corrected chi connectivity index (χ4v) is 5.29. The molecule has 2 atom stereocenters. The molecule has 1 nitrogen and oxygen atoms in total. The summed E-state index contributed by atoms with van der Waals surface area (Å²) in [6.45, 7) is 0. The molecule has 1 fully saturated rings. The molecular formula is C5H7OPS3. The Morgan fingerprint density at radius 1 is 1.90 bits per heavy atom. The number of hydrogen-bond donors (Lipinski definition) is 1. The molecule has 0 aromatic heterocycles. The van der Waals surface area contributed by atoms with Crippen LogP contribution < -0.4 is 0 Å². The maximum absolute atomic E-state index is 5.34. The highest BCUT2D eigenvalue weighted by Crippen LogP contribution is 2.67. The van der Waals surface area contributed by atoms with E-state index in [9.17, 15) is 0 Å². The number of hydrogen-bond acceptors (Lipinski definition) is 3. The molecule has 5 heteroatoms. The zero-order valence-electron chi connectivity index (χ0n) is 5.19. The van der Waals surface area contributed by atoms with Gasteiger partial charge in [0.05, 0.1) is 0 Å². The minimum Gasteiger partial charge on any atom is -0.318 e. The fraction of sp³-hybridized carbons (Fsp3) is 0.600. The zero-order valence-corrected chi connectivity index (χ0v) is 8.61. The molecule has 1 rings (SSSR count). The van der Waals surface area contributed by atoms with Crippen LogP contribution in [-0.2, 0) is 16.3 Å². The summed E-state index contributed by atoms with van der Waals surface area (Å²) in [6.07, 6.45) is 5.99. The summed E-state index contributed by atoms with van der Waals surface area (Å²) in [5.74, 6) is 3.52. The van der Waals surface area contributed by atoms with Gasteiger partial charge in [-0.25, -0.2) is 0 Å². The normalized spacial score (nSPS) is 40.6. The molecule has 1 aliphatic heterocycles. The third-order valence-electron chi connectivity index (χ3n) is 1.08. The van der Waals surface area contributed by atoms with Gasteiger partial charge in [-0.3, -0.25) is 0 Å². The summed E-state index contributed by atoms with van der Waals surface area (Å²) >= 11 is 10.9. The standard InChI is InChI=1S/C5H7OPS3/c1-2-5-3-4-10-7(8,9)6-5/h1,5H,3-4H2,(H,8,9). The molecule has 0 aliphatic carbocycles. The monoisotopic (exact) mass is 210 g/mol. The highest BCUT2D eigenvalue weighted by atomic mass is 33.2. The summed E-state index contributed by atoms with van der Waals surface area (Å²) in [5.41, 5.74) is 0. The lowest BCUT2D eigenvalue weighted by Gasteiger charge is -2.25. The van der Waals surface area contributed by atoms with Crippen LogP contribution in [0, 0.1) is 12.3 Å². The van der Waals surface area contributed by atoms with Crippen molar-refractivity contribution in [2.24, 2.45) is 0 Å². The molecule has 2 unspecified atom stereocenters. The zero-order chi connectivity index (χ0) is 7.61. The van der Waals surface area contributed by atoms with Crippen LogP contribution >= 0.6 is 28.3 Å². The van der Waals surface area contributed by atoms with Gasteiger partial charge in [-0.1, -0.05) is 17.3 Å². The Bertz CT molecular complexity index is 209. The predicted octanol–water partition coefficient (Wildman–Crippen LogP) is 2.30. The van der Waals surface area contributed by atoms with Gasteiger partial charge in [0.1, 0.15) is 6.10 Å². The lowest BCUT2D eigenvalue weighted by Crippen LogP contribution is -2.11. The highest BCUT2D eigenvalue weighted by molar-refractivity contribution is 8.95. The van der Waals surface area contributed by atoms with Crippen molar-refractivity contribution in [2.75, 3.05) is 5.75 Å². The number of thiol groups is 1. The van der Waals surface area contributed by atoms with E-state index < -0.39 is 4.67 Å². The van der Waals surface area contributed by atoms with Crippen LogP contribution in [0.4, 0.5) is 0 Å². The number of rotatable bonds is 0. The molecule has 0 amide bonds. The highest BCUT2D eigenvalue weighted by Gasteiger charge is 2.23. The smallest absolute Gasteiger partial charge is 0.172 e. The first-order valence-electron chi connectivity index (χ1n) is 2.76. The molecule has 0 N–H and O–H groups in total. The minimum absolute atomic E-state index is 0.0930. The van der Waals surface area contributed by atoms with Gasteiger partial charge < -0.3 is 4.52 Å². The van der Waals surface area contributed by atoms with E-state index in [4.69, 9.17) is 22.8 Å².